The highest BCUT2D eigenvalue weighted by molar-refractivity contribution is 6.07. The van der Waals surface area contributed by atoms with Gasteiger partial charge in [-0.25, -0.2) is 8.78 Å². The predicted molar refractivity (Wildman–Crippen MR) is 119 cm³/mol. The van der Waals surface area contributed by atoms with Gasteiger partial charge in [0.05, 0.1) is 0 Å². The maximum Gasteiger partial charge on any atom is 0.573 e. The van der Waals surface area contributed by atoms with Crippen molar-refractivity contribution in [3.8, 4) is 17.6 Å². The summed E-state index contributed by atoms with van der Waals surface area (Å²) in [6, 6.07) is 17.5. The first-order valence-electron chi connectivity index (χ1n) is 10.5. The number of unbranched alkanes of at least 4 members (excludes halogenated alkanes) is 1. The summed E-state index contributed by atoms with van der Waals surface area (Å²) in [7, 11) is 0. The summed E-state index contributed by atoms with van der Waals surface area (Å²) in [6.45, 7) is 2.17. The number of halogens is 5. The molecule has 0 aliphatic carbocycles. The lowest BCUT2D eigenvalue weighted by molar-refractivity contribution is -0.276. The third-order valence-corrected chi connectivity index (χ3v) is 5.29. The lowest BCUT2D eigenvalue weighted by atomic mass is 9.97. The van der Waals surface area contributed by atoms with Crippen LogP contribution in [0.2, 0.25) is 0 Å². The minimum atomic E-state index is -5.19. The van der Waals surface area contributed by atoms with E-state index in [-0.39, 0.29) is 5.56 Å². The van der Waals surface area contributed by atoms with Gasteiger partial charge in [0.2, 0.25) is 5.75 Å². The van der Waals surface area contributed by atoms with Gasteiger partial charge in [-0.15, -0.1) is 13.2 Å². The molecule has 4 rings (SSSR count). The quantitative estimate of drug-likeness (QED) is 0.173. The zero-order valence-electron chi connectivity index (χ0n) is 17.7. The van der Waals surface area contributed by atoms with Crippen LogP contribution in [0.4, 0.5) is 22.0 Å². The Morgan fingerprint density at radius 1 is 0.758 bits per heavy atom. The van der Waals surface area contributed by atoms with Crippen LogP contribution in [-0.4, -0.2) is 6.36 Å². The molecule has 0 fully saturated rings. The first-order valence-corrected chi connectivity index (χ1v) is 10.5. The van der Waals surface area contributed by atoms with Crippen molar-refractivity contribution in [3.63, 3.8) is 0 Å². The lowest BCUT2D eigenvalue weighted by Crippen LogP contribution is -2.19. The molecule has 0 N–H and O–H groups in total. The third-order valence-electron chi connectivity index (χ3n) is 5.29. The zero-order valence-corrected chi connectivity index (χ0v) is 17.7. The molecule has 0 saturated heterocycles. The van der Waals surface area contributed by atoms with E-state index in [9.17, 15) is 22.0 Å². The van der Waals surface area contributed by atoms with Crippen molar-refractivity contribution < 1.29 is 26.7 Å². The maximum absolute atomic E-state index is 13.9. The second-order valence-corrected chi connectivity index (χ2v) is 7.73. The number of hydrogen-bond acceptors (Lipinski definition) is 1. The molecule has 0 radical (unpaired) electrons. The summed E-state index contributed by atoms with van der Waals surface area (Å²) >= 11 is 0. The van der Waals surface area contributed by atoms with E-state index in [0.29, 0.717) is 17.7 Å². The summed E-state index contributed by atoms with van der Waals surface area (Å²) in [6.07, 6.45) is -1.86. The normalized spacial score (nSPS) is 11.5. The average molecular weight is 454 g/mol. The third kappa shape index (κ3) is 5.25. The Bertz CT molecular complexity index is 1370. The van der Waals surface area contributed by atoms with E-state index in [2.05, 4.69) is 47.8 Å². The first-order chi connectivity index (χ1) is 15.7. The molecule has 0 atom stereocenters. The molecule has 0 unspecified atom stereocenters. The molecule has 0 amide bonds. The molecule has 33 heavy (non-hydrogen) atoms. The summed E-state index contributed by atoms with van der Waals surface area (Å²) in [4.78, 5) is 0. The number of ether oxygens (including phenoxy) is 1. The highest BCUT2D eigenvalue weighted by Gasteiger charge is 2.34. The largest absolute Gasteiger partial charge is 0.573 e. The Morgan fingerprint density at radius 2 is 1.36 bits per heavy atom. The van der Waals surface area contributed by atoms with Crippen LogP contribution in [0.15, 0.2) is 60.7 Å². The fourth-order valence-corrected chi connectivity index (χ4v) is 3.72. The number of alkyl halides is 3. The molecular formula is C27H19F5O. The molecule has 6 heteroatoms. The van der Waals surface area contributed by atoms with Crippen molar-refractivity contribution in [2.45, 2.75) is 32.5 Å². The number of rotatable bonds is 4. The first kappa shape index (κ1) is 22.6. The van der Waals surface area contributed by atoms with Gasteiger partial charge in [0.25, 0.3) is 0 Å². The summed E-state index contributed by atoms with van der Waals surface area (Å²) < 4.78 is 68.0. The zero-order chi connectivity index (χ0) is 23.6. The predicted octanol–water partition coefficient (Wildman–Crippen LogP) is 7.91. The van der Waals surface area contributed by atoms with Crippen molar-refractivity contribution in [2.75, 3.05) is 0 Å². The van der Waals surface area contributed by atoms with Gasteiger partial charge in [0.1, 0.15) is 0 Å². The van der Waals surface area contributed by atoms with Crippen molar-refractivity contribution in [1.82, 2.24) is 0 Å². The van der Waals surface area contributed by atoms with Crippen LogP contribution in [0.25, 0.3) is 21.5 Å². The number of hydrogen-bond donors (Lipinski definition) is 0. The van der Waals surface area contributed by atoms with Gasteiger partial charge in [0.15, 0.2) is 11.6 Å². The van der Waals surface area contributed by atoms with Crippen molar-refractivity contribution in [1.29, 1.82) is 0 Å². The molecule has 0 heterocycles. The van der Waals surface area contributed by atoms with Crippen LogP contribution >= 0.6 is 0 Å². The molecule has 0 spiro atoms. The van der Waals surface area contributed by atoms with E-state index in [1.807, 2.05) is 18.2 Å². The van der Waals surface area contributed by atoms with Gasteiger partial charge in [-0.1, -0.05) is 61.6 Å². The fourth-order valence-electron chi connectivity index (χ4n) is 3.72. The minimum Gasteiger partial charge on any atom is -0.399 e. The van der Waals surface area contributed by atoms with Crippen LogP contribution in [0.1, 0.15) is 36.5 Å². The Kier molecular flexibility index (Phi) is 6.24. The molecule has 0 aliphatic rings. The topological polar surface area (TPSA) is 9.23 Å². The van der Waals surface area contributed by atoms with Crippen LogP contribution in [0.3, 0.4) is 0 Å². The Hall–Kier alpha value is -3.59. The smallest absolute Gasteiger partial charge is 0.399 e. The van der Waals surface area contributed by atoms with Gasteiger partial charge in [-0.2, -0.15) is 0 Å². The highest BCUT2D eigenvalue weighted by atomic mass is 19.4. The Morgan fingerprint density at radius 3 is 2.00 bits per heavy atom. The molecule has 168 valence electrons. The molecular weight excluding hydrogens is 435 g/mol. The standard InChI is InChI=1S/C27H19F5O/c1-2-3-4-17-7-11-22-20(13-17)9-10-21-14-18(8-12-23(21)22)5-6-19-15-24(28)26(25(29)16-19)33-27(30,31)32/h7-16H,2-4H2,1H3. The van der Waals surface area contributed by atoms with E-state index in [4.69, 9.17) is 0 Å². The SMILES string of the molecule is CCCCc1ccc2c(ccc3cc(C#Cc4cc(F)c(OC(F)(F)F)c(F)c4)ccc32)c1. The van der Waals surface area contributed by atoms with Crippen LogP contribution < -0.4 is 4.74 Å². The van der Waals surface area contributed by atoms with Crippen molar-refractivity contribution in [2.24, 2.45) is 0 Å². The molecule has 0 saturated carbocycles. The average Bonchev–Trinajstić information content (AvgIpc) is 2.77. The van der Waals surface area contributed by atoms with Crippen LogP contribution in [0.5, 0.6) is 5.75 Å². The van der Waals surface area contributed by atoms with E-state index < -0.39 is 23.7 Å². The molecule has 4 aromatic rings. The fraction of sp³-hybridized carbons (Fsp3) is 0.185. The molecule has 1 nitrogen and oxygen atoms in total. The van der Waals surface area contributed by atoms with E-state index >= 15 is 0 Å². The van der Waals surface area contributed by atoms with Crippen molar-refractivity contribution >= 4 is 21.5 Å². The summed E-state index contributed by atoms with van der Waals surface area (Å²) in [5.41, 5.74) is 1.81. The second kappa shape index (κ2) is 9.11. The number of benzene rings is 4. The molecule has 0 aromatic heterocycles. The van der Waals surface area contributed by atoms with Crippen LogP contribution in [-0.2, 0) is 6.42 Å². The highest BCUT2D eigenvalue weighted by Crippen LogP contribution is 2.30. The Balaban J connectivity index is 1.63. The molecule has 4 aromatic carbocycles. The number of fused-ring (bicyclic) bond motifs is 3. The second-order valence-electron chi connectivity index (χ2n) is 7.73. The molecule has 0 bridgehead atoms. The Labute approximate surface area is 187 Å². The van der Waals surface area contributed by atoms with Crippen LogP contribution in [0, 0.1) is 23.5 Å². The van der Waals surface area contributed by atoms with E-state index in [1.165, 1.54) is 5.56 Å². The van der Waals surface area contributed by atoms with Gasteiger partial charge >= 0.3 is 6.36 Å². The van der Waals surface area contributed by atoms with E-state index in [1.54, 1.807) is 6.07 Å². The van der Waals surface area contributed by atoms with Gasteiger partial charge < -0.3 is 4.74 Å². The van der Waals surface area contributed by atoms with Crippen molar-refractivity contribution in [3.05, 3.63) is 89.0 Å². The summed E-state index contributed by atoms with van der Waals surface area (Å²) in [5, 5.41) is 4.30. The van der Waals surface area contributed by atoms with Gasteiger partial charge in [0, 0.05) is 11.1 Å². The minimum absolute atomic E-state index is 0.0993. The number of aryl methyl sites for hydroxylation is 1. The monoisotopic (exact) mass is 454 g/mol. The summed E-state index contributed by atoms with van der Waals surface area (Å²) in [5.74, 6) is 0.963. The van der Waals surface area contributed by atoms with Gasteiger partial charge in [-0.3, -0.25) is 0 Å². The lowest BCUT2D eigenvalue weighted by Gasteiger charge is -2.10. The molecule has 0 aliphatic heterocycles. The maximum atomic E-state index is 13.9. The van der Waals surface area contributed by atoms with Gasteiger partial charge in [-0.05, 0) is 64.2 Å². The van der Waals surface area contributed by atoms with E-state index in [0.717, 1.165) is 40.8 Å².